The first kappa shape index (κ1) is 22.2. The minimum absolute atomic E-state index is 0.0348. The maximum Gasteiger partial charge on any atom is 0.277 e. The average Bonchev–Trinajstić information content (AvgIpc) is 3.15. The topological polar surface area (TPSA) is 78.7 Å². The largest absolute Gasteiger partial charge is 0.481 e. The molecule has 3 rings (SSSR count). The van der Waals surface area contributed by atoms with Crippen molar-refractivity contribution in [2.24, 2.45) is 0 Å². The summed E-state index contributed by atoms with van der Waals surface area (Å²) in [7, 11) is 4.99. The van der Waals surface area contributed by atoms with Crippen LogP contribution in [0.1, 0.15) is 31.7 Å². The van der Waals surface area contributed by atoms with Crippen molar-refractivity contribution in [2.75, 3.05) is 39.4 Å². The summed E-state index contributed by atoms with van der Waals surface area (Å²) in [5, 5.41) is 0. The third-order valence-electron chi connectivity index (χ3n) is 5.73. The standard InChI is InChI=1S/C22H32N4O4/c1-7-18-20(26-12-16(29-5)11-15(26)13-28-4)22(27)25(8-2)21(24-18)17-9-10-19(30-6)23-14(17)3/h9-10,15-16H,7-8,11-13H2,1-6H3/t15-,16+/m0/s1. The summed E-state index contributed by atoms with van der Waals surface area (Å²) in [4.78, 5) is 25.2. The van der Waals surface area contributed by atoms with Crippen LogP contribution in [-0.2, 0) is 22.4 Å². The molecule has 0 spiro atoms. The van der Waals surface area contributed by atoms with Gasteiger partial charge in [-0.15, -0.1) is 0 Å². The molecule has 1 aliphatic heterocycles. The third-order valence-corrected chi connectivity index (χ3v) is 5.73. The van der Waals surface area contributed by atoms with Gasteiger partial charge in [0.05, 0.1) is 37.3 Å². The number of aryl methyl sites for hydroxylation is 2. The van der Waals surface area contributed by atoms with Gasteiger partial charge >= 0.3 is 0 Å². The van der Waals surface area contributed by atoms with E-state index in [0.717, 1.165) is 23.4 Å². The molecule has 2 aromatic rings. The zero-order chi connectivity index (χ0) is 21.8. The fourth-order valence-electron chi connectivity index (χ4n) is 4.18. The number of pyridine rings is 1. The quantitative estimate of drug-likeness (QED) is 0.654. The Labute approximate surface area is 177 Å². The van der Waals surface area contributed by atoms with Crippen LogP contribution in [0.3, 0.4) is 0 Å². The summed E-state index contributed by atoms with van der Waals surface area (Å²) in [6.45, 7) is 7.60. The lowest BCUT2D eigenvalue weighted by molar-refractivity contribution is 0.111. The van der Waals surface area contributed by atoms with Gasteiger partial charge in [0.15, 0.2) is 0 Å². The Morgan fingerprint density at radius 2 is 1.93 bits per heavy atom. The second-order valence-corrected chi connectivity index (χ2v) is 7.48. The number of rotatable bonds is 8. The van der Waals surface area contributed by atoms with Gasteiger partial charge in [-0.05, 0) is 32.8 Å². The number of methoxy groups -OCH3 is 3. The van der Waals surface area contributed by atoms with Gasteiger partial charge < -0.3 is 19.1 Å². The number of hydrogen-bond acceptors (Lipinski definition) is 7. The second kappa shape index (κ2) is 9.57. The summed E-state index contributed by atoms with van der Waals surface area (Å²) in [6.07, 6.45) is 1.54. The Morgan fingerprint density at radius 1 is 1.17 bits per heavy atom. The van der Waals surface area contributed by atoms with E-state index in [4.69, 9.17) is 19.2 Å². The van der Waals surface area contributed by atoms with Crippen LogP contribution in [0.4, 0.5) is 5.69 Å². The number of anilines is 1. The van der Waals surface area contributed by atoms with Crippen LogP contribution >= 0.6 is 0 Å². The molecule has 1 saturated heterocycles. The summed E-state index contributed by atoms with van der Waals surface area (Å²) in [5.41, 5.74) is 3.01. The SMILES string of the molecule is CCc1nc(-c2ccc(OC)nc2C)n(CC)c(=O)c1N1C[C@H](OC)C[C@H]1COC. The number of ether oxygens (including phenoxy) is 3. The normalized spacial score (nSPS) is 18.8. The lowest BCUT2D eigenvalue weighted by Gasteiger charge is -2.28. The van der Waals surface area contributed by atoms with Crippen LogP contribution in [0.2, 0.25) is 0 Å². The zero-order valence-electron chi connectivity index (χ0n) is 18.8. The van der Waals surface area contributed by atoms with E-state index in [1.54, 1.807) is 32.0 Å². The first-order valence-corrected chi connectivity index (χ1v) is 10.4. The molecule has 8 heteroatoms. The van der Waals surface area contributed by atoms with Crippen molar-refractivity contribution in [3.05, 3.63) is 33.9 Å². The van der Waals surface area contributed by atoms with E-state index in [1.165, 1.54) is 0 Å². The van der Waals surface area contributed by atoms with Crippen LogP contribution < -0.4 is 15.2 Å². The van der Waals surface area contributed by atoms with Gasteiger partial charge in [-0.1, -0.05) is 6.92 Å². The van der Waals surface area contributed by atoms with Crippen molar-refractivity contribution in [1.29, 1.82) is 0 Å². The Kier molecular flexibility index (Phi) is 7.10. The van der Waals surface area contributed by atoms with Crippen LogP contribution in [0.25, 0.3) is 11.4 Å². The third kappa shape index (κ3) is 4.06. The summed E-state index contributed by atoms with van der Waals surface area (Å²) < 4.78 is 18.0. The van der Waals surface area contributed by atoms with Crippen molar-refractivity contribution in [2.45, 2.75) is 52.3 Å². The number of nitrogens with zero attached hydrogens (tertiary/aromatic N) is 4. The van der Waals surface area contributed by atoms with Gasteiger partial charge in [-0.25, -0.2) is 9.97 Å². The van der Waals surface area contributed by atoms with Crippen LogP contribution in [0.15, 0.2) is 16.9 Å². The fourth-order valence-corrected chi connectivity index (χ4v) is 4.18. The molecular weight excluding hydrogens is 384 g/mol. The summed E-state index contributed by atoms with van der Waals surface area (Å²) in [5.74, 6) is 1.18. The predicted molar refractivity (Wildman–Crippen MR) is 116 cm³/mol. The molecule has 0 radical (unpaired) electrons. The highest BCUT2D eigenvalue weighted by Gasteiger charge is 2.36. The molecule has 1 fully saturated rings. The number of aromatic nitrogens is 3. The van der Waals surface area contributed by atoms with Gasteiger partial charge in [0, 0.05) is 38.9 Å². The number of hydrogen-bond donors (Lipinski definition) is 0. The molecule has 0 saturated carbocycles. The molecule has 2 atom stereocenters. The van der Waals surface area contributed by atoms with Crippen molar-refractivity contribution in [3.8, 4) is 17.3 Å². The Morgan fingerprint density at radius 3 is 2.50 bits per heavy atom. The van der Waals surface area contributed by atoms with E-state index >= 15 is 0 Å². The molecule has 8 nitrogen and oxygen atoms in total. The predicted octanol–water partition coefficient (Wildman–Crippen LogP) is 2.44. The smallest absolute Gasteiger partial charge is 0.277 e. The zero-order valence-corrected chi connectivity index (χ0v) is 18.8. The van der Waals surface area contributed by atoms with E-state index in [1.807, 2.05) is 26.8 Å². The van der Waals surface area contributed by atoms with Gasteiger partial charge in [-0.3, -0.25) is 9.36 Å². The molecule has 30 heavy (non-hydrogen) atoms. The van der Waals surface area contributed by atoms with E-state index < -0.39 is 0 Å². The molecule has 164 valence electrons. The lowest BCUT2D eigenvalue weighted by atomic mass is 10.1. The average molecular weight is 417 g/mol. The van der Waals surface area contributed by atoms with Crippen molar-refractivity contribution < 1.29 is 14.2 Å². The van der Waals surface area contributed by atoms with Crippen molar-refractivity contribution >= 4 is 5.69 Å². The van der Waals surface area contributed by atoms with Crippen LogP contribution in [-0.4, -0.2) is 61.2 Å². The van der Waals surface area contributed by atoms with Crippen molar-refractivity contribution in [3.63, 3.8) is 0 Å². The van der Waals surface area contributed by atoms with E-state index in [-0.39, 0.29) is 17.7 Å². The molecule has 0 amide bonds. The van der Waals surface area contributed by atoms with Crippen LogP contribution in [0, 0.1) is 6.92 Å². The Bertz CT molecular complexity index is 943. The van der Waals surface area contributed by atoms with Gasteiger partial charge in [-0.2, -0.15) is 0 Å². The van der Waals surface area contributed by atoms with Gasteiger partial charge in [0.2, 0.25) is 5.88 Å². The molecule has 0 unspecified atom stereocenters. The van der Waals surface area contributed by atoms with E-state index in [0.29, 0.717) is 43.5 Å². The summed E-state index contributed by atoms with van der Waals surface area (Å²) in [6, 6.07) is 3.80. The van der Waals surface area contributed by atoms with Crippen molar-refractivity contribution in [1.82, 2.24) is 14.5 Å². The van der Waals surface area contributed by atoms with Gasteiger partial charge in [0.25, 0.3) is 5.56 Å². The second-order valence-electron chi connectivity index (χ2n) is 7.48. The maximum absolute atomic E-state index is 13.7. The van der Waals surface area contributed by atoms with E-state index in [9.17, 15) is 4.79 Å². The first-order valence-electron chi connectivity index (χ1n) is 10.4. The molecule has 3 heterocycles. The van der Waals surface area contributed by atoms with E-state index in [2.05, 4.69) is 9.88 Å². The minimum atomic E-state index is -0.0348. The molecule has 0 N–H and O–H groups in total. The maximum atomic E-state index is 13.7. The summed E-state index contributed by atoms with van der Waals surface area (Å²) >= 11 is 0. The fraction of sp³-hybridized carbons (Fsp3) is 0.591. The molecule has 0 bridgehead atoms. The Hall–Kier alpha value is -2.45. The first-order chi connectivity index (χ1) is 14.5. The highest BCUT2D eigenvalue weighted by molar-refractivity contribution is 5.63. The minimum Gasteiger partial charge on any atom is -0.481 e. The van der Waals surface area contributed by atoms with Gasteiger partial charge in [0.1, 0.15) is 11.5 Å². The highest BCUT2D eigenvalue weighted by Crippen LogP contribution is 2.30. The molecule has 0 aromatic carbocycles. The lowest BCUT2D eigenvalue weighted by Crippen LogP contribution is -2.40. The monoisotopic (exact) mass is 416 g/mol. The highest BCUT2D eigenvalue weighted by atomic mass is 16.5. The van der Waals surface area contributed by atoms with Crippen LogP contribution in [0.5, 0.6) is 5.88 Å². The molecule has 2 aromatic heterocycles. The Balaban J connectivity index is 2.17. The molecule has 0 aliphatic carbocycles. The molecule has 1 aliphatic rings. The molecular formula is C22H32N4O4.